The molecule has 0 bridgehead atoms. The van der Waals surface area contributed by atoms with Gasteiger partial charge < -0.3 is 14.5 Å². The maximum atomic E-state index is 12.4. The van der Waals surface area contributed by atoms with Crippen molar-refractivity contribution in [2.45, 2.75) is 6.92 Å². The molecule has 0 N–H and O–H groups in total. The molecular weight excluding hydrogens is 376 g/mol. The summed E-state index contributed by atoms with van der Waals surface area (Å²) in [7, 11) is 0. The Morgan fingerprint density at radius 1 is 1.04 bits per heavy atom. The first-order valence-corrected chi connectivity index (χ1v) is 9.43. The molecule has 2 amide bonds. The maximum Gasteiger partial charge on any atom is 0.298 e. The van der Waals surface area contributed by atoms with Gasteiger partial charge in [0.2, 0.25) is 0 Å². The lowest BCUT2D eigenvalue weighted by Crippen LogP contribution is -2.51. The fourth-order valence-corrected chi connectivity index (χ4v) is 3.12. The lowest BCUT2D eigenvalue weighted by atomic mass is 10.2. The second kappa shape index (κ2) is 9.29. The van der Waals surface area contributed by atoms with Crippen LogP contribution >= 0.6 is 11.6 Å². The first-order valence-electron chi connectivity index (χ1n) is 9.05. The monoisotopic (exact) mass is 396 g/mol. The Balaban J connectivity index is 1.47. The van der Waals surface area contributed by atoms with Crippen LogP contribution in [0.25, 0.3) is 0 Å². The summed E-state index contributed by atoms with van der Waals surface area (Å²) in [6.07, 6.45) is 0. The van der Waals surface area contributed by atoms with E-state index in [1.165, 1.54) is 0 Å². The number of nitrogens with zero attached hydrogens (tertiary/aromatic N) is 2. The maximum absolute atomic E-state index is 12.4. The van der Waals surface area contributed by atoms with Gasteiger partial charge >= 0.3 is 0 Å². The van der Waals surface area contributed by atoms with Crippen LogP contribution in [0.5, 0.6) is 5.75 Å². The highest BCUT2D eigenvalue weighted by Gasteiger charge is 2.23. The van der Waals surface area contributed by atoms with Gasteiger partial charge in [0.1, 0.15) is 5.75 Å². The summed E-state index contributed by atoms with van der Waals surface area (Å²) < 4.78 is 5.62. The highest BCUT2D eigenvalue weighted by Crippen LogP contribution is 2.21. The molecule has 1 heterocycles. The normalized spacial score (nSPS) is 13.5. The van der Waals surface area contributed by atoms with Crippen molar-refractivity contribution >= 4 is 23.4 Å². The number of hydrogen-bond acceptors (Lipinski definition) is 3. The van der Waals surface area contributed by atoms with E-state index in [-0.39, 0.29) is 18.4 Å². The van der Waals surface area contributed by atoms with Gasteiger partial charge in [0.15, 0.2) is 6.61 Å². The Hall–Kier alpha value is -2.97. The van der Waals surface area contributed by atoms with E-state index in [0.29, 0.717) is 37.0 Å². The first kappa shape index (κ1) is 19.8. The van der Waals surface area contributed by atoms with Crippen molar-refractivity contribution in [2.24, 2.45) is 0 Å². The predicted molar refractivity (Wildman–Crippen MR) is 108 cm³/mol. The smallest absolute Gasteiger partial charge is 0.298 e. The molecule has 1 saturated heterocycles. The molecule has 3 rings (SSSR count). The van der Waals surface area contributed by atoms with Gasteiger partial charge in [-0.15, -0.1) is 0 Å². The molecule has 5 nitrogen and oxygen atoms in total. The molecular formula is C22H21ClN2O3. The molecule has 0 unspecified atom stereocenters. The number of ether oxygens (including phenoxy) is 1. The summed E-state index contributed by atoms with van der Waals surface area (Å²) in [5.41, 5.74) is 1.69. The molecule has 2 aromatic rings. The zero-order valence-corrected chi connectivity index (χ0v) is 16.4. The van der Waals surface area contributed by atoms with E-state index < -0.39 is 0 Å². The van der Waals surface area contributed by atoms with Crippen LogP contribution < -0.4 is 4.74 Å². The molecule has 1 aliphatic heterocycles. The van der Waals surface area contributed by atoms with Crippen molar-refractivity contribution in [1.82, 2.24) is 9.80 Å². The molecule has 0 saturated carbocycles. The van der Waals surface area contributed by atoms with Crippen LogP contribution in [0.2, 0.25) is 5.02 Å². The standard InChI is InChI=1S/C22H21ClN2O3/c1-17-15-19(23)8-9-20(17)28-16-22(27)25-13-11-24(12-14-25)21(26)10-7-18-5-3-2-4-6-18/h2-6,8-9,15H,11-14,16H2,1H3. The Kier molecular flexibility index (Phi) is 6.57. The summed E-state index contributed by atoms with van der Waals surface area (Å²) in [5.74, 6) is 5.86. The minimum absolute atomic E-state index is 0.0375. The molecule has 0 aliphatic carbocycles. The lowest BCUT2D eigenvalue weighted by Gasteiger charge is -2.33. The van der Waals surface area contributed by atoms with E-state index in [1.807, 2.05) is 37.3 Å². The average molecular weight is 397 g/mol. The molecule has 0 spiro atoms. The second-order valence-electron chi connectivity index (χ2n) is 6.49. The molecule has 144 valence electrons. The van der Waals surface area contributed by atoms with E-state index in [9.17, 15) is 9.59 Å². The number of carbonyl (C=O) groups excluding carboxylic acids is 2. The van der Waals surface area contributed by atoms with Crippen LogP contribution in [0.15, 0.2) is 48.5 Å². The van der Waals surface area contributed by atoms with Gasteiger partial charge in [0.05, 0.1) is 0 Å². The van der Waals surface area contributed by atoms with Gasteiger partial charge in [-0.3, -0.25) is 9.59 Å². The van der Waals surface area contributed by atoms with Crippen molar-refractivity contribution in [1.29, 1.82) is 0 Å². The van der Waals surface area contributed by atoms with Crippen LogP contribution in [0.3, 0.4) is 0 Å². The molecule has 0 aromatic heterocycles. The summed E-state index contributed by atoms with van der Waals surface area (Å²) in [6, 6.07) is 14.7. The second-order valence-corrected chi connectivity index (χ2v) is 6.92. The summed E-state index contributed by atoms with van der Waals surface area (Å²) in [6.45, 7) is 3.72. The van der Waals surface area contributed by atoms with Crippen LogP contribution in [-0.2, 0) is 9.59 Å². The summed E-state index contributed by atoms with van der Waals surface area (Å²) in [5, 5.41) is 0.632. The Labute approximate surface area is 169 Å². The SMILES string of the molecule is Cc1cc(Cl)ccc1OCC(=O)N1CCN(C(=O)C#Cc2ccccc2)CC1. The molecule has 28 heavy (non-hydrogen) atoms. The Morgan fingerprint density at radius 2 is 1.71 bits per heavy atom. The third-order valence-corrected chi connectivity index (χ3v) is 4.73. The van der Waals surface area contributed by atoms with Crippen LogP contribution in [0.1, 0.15) is 11.1 Å². The third-order valence-electron chi connectivity index (χ3n) is 4.50. The quantitative estimate of drug-likeness (QED) is 0.749. The molecule has 1 aliphatic rings. The zero-order chi connectivity index (χ0) is 19.9. The molecule has 2 aromatic carbocycles. The number of hydrogen-bond donors (Lipinski definition) is 0. The van der Waals surface area contributed by atoms with E-state index >= 15 is 0 Å². The fraction of sp³-hybridized carbons (Fsp3) is 0.273. The predicted octanol–water partition coefficient (Wildman–Crippen LogP) is 2.75. The number of halogens is 1. The number of benzene rings is 2. The fourth-order valence-electron chi connectivity index (χ4n) is 2.89. The van der Waals surface area contributed by atoms with Crippen molar-refractivity contribution in [3.63, 3.8) is 0 Å². The van der Waals surface area contributed by atoms with E-state index in [0.717, 1.165) is 11.1 Å². The minimum atomic E-state index is -0.219. The molecule has 0 atom stereocenters. The Morgan fingerprint density at radius 3 is 2.39 bits per heavy atom. The highest BCUT2D eigenvalue weighted by molar-refractivity contribution is 6.30. The van der Waals surface area contributed by atoms with Crippen molar-refractivity contribution in [3.05, 3.63) is 64.7 Å². The lowest BCUT2D eigenvalue weighted by molar-refractivity contribution is -0.138. The zero-order valence-electron chi connectivity index (χ0n) is 15.7. The number of aryl methyl sites for hydroxylation is 1. The molecule has 6 heteroatoms. The Bertz CT molecular complexity index is 910. The van der Waals surface area contributed by atoms with Crippen molar-refractivity contribution < 1.29 is 14.3 Å². The third kappa shape index (κ3) is 5.28. The summed E-state index contributed by atoms with van der Waals surface area (Å²) in [4.78, 5) is 28.0. The van der Waals surface area contributed by atoms with Crippen LogP contribution in [0.4, 0.5) is 0 Å². The number of amides is 2. The van der Waals surface area contributed by atoms with Gasteiger partial charge in [0, 0.05) is 42.7 Å². The van der Waals surface area contributed by atoms with Gasteiger partial charge in [-0.25, -0.2) is 0 Å². The van der Waals surface area contributed by atoms with Gasteiger partial charge in [-0.2, -0.15) is 0 Å². The topological polar surface area (TPSA) is 49.9 Å². The molecule has 0 radical (unpaired) electrons. The van der Waals surface area contributed by atoms with E-state index in [1.54, 1.807) is 28.0 Å². The number of carbonyl (C=O) groups is 2. The number of piperazine rings is 1. The summed E-state index contributed by atoms with van der Waals surface area (Å²) >= 11 is 5.93. The van der Waals surface area contributed by atoms with Gasteiger partial charge in [-0.05, 0) is 42.8 Å². The van der Waals surface area contributed by atoms with Gasteiger partial charge in [0.25, 0.3) is 11.8 Å². The highest BCUT2D eigenvalue weighted by atomic mass is 35.5. The van der Waals surface area contributed by atoms with Gasteiger partial charge in [-0.1, -0.05) is 35.7 Å². The van der Waals surface area contributed by atoms with Crippen LogP contribution in [-0.4, -0.2) is 54.4 Å². The van der Waals surface area contributed by atoms with Crippen molar-refractivity contribution in [2.75, 3.05) is 32.8 Å². The number of rotatable bonds is 3. The average Bonchev–Trinajstić information content (AvgIpc) is 2.72. The van der Waals surface area contributed by atoms with Crippen LogP contribution in [0, 0.1) is 18.8 Å². The minimum Gasteiger partial charge on any atom is -0.483 e. The largest absolute Gasteiger partial charge is 0.483 e. The first-order chi connectivity index (χ1) is 13.5. The van der Waals surface area contributed by atoms with Crippen molar-refractivity contribution in [3.8, 4) is 17.6 Å². The van der Waals surface area contributed by atoms with E-state index in [4.69, 9.17) is 16.3 Å². The van der Waals surface area contributed by atoms with E-state index in [2.05, 4.69) is 11.8 Å². The molecule has 1 fully saturated rings.